The zero-order valence-electron chi connectivity index (χ0n) is 12.9. The van der Waals surface area contributed by atoms with Crippen molar-refractivity contribution in [2.24, 2.45) is 0 Å². The number of hydrogen-bond acceptors (Lipinski definition) is 0. The van der Waals surface area contributed by atoms with Crippen LogP contribution in [0.25, 0.3) is 11.1 Å². The van der Waals surface area contributed by atoms with E-state index < -0.39 is 0 Å². The molecular formula is C21H24. The first kappa shape index (κ1) is 15.3. The van der Waals surface area contributed by atoms with E-state index in [9.17, 15) is 0 Å². The predicted molar refractivity (Wildman–Crippen MR) is 93.5 cm³/mol. The smallest absolute Gasteiger partial charge is 0.00974 e. The van der Waals surface area contributed by atoms with E-state index in [4.69, 9.17) is 0 Å². The lowest BCUT2D eigenvalue weighted by Crippen LogP contribution is -1.83. The number of hydrogen-bond donors (Lipinski definition) is 0. The largest absolute Gasteiger partial charge is 0.103 e. The third kappa shape index (κ3) is 5.07. The lowest BCUT2D eigenvalue weighted by Gasteiger charge is -2.04. The van der Waals surface area contributed by atoms with E-state index in [0.29, 0.717) is 0 Å². The van der Waals surface area contributed by atoms with Crippen LogP contribution < -0.4 is 0 Å². The van der Waals surface area contributed by atoms with Crippen molar-refractivity contribution in [3.63, 3.8) is 0 Å². The molecule has 0 aliphatic carbocycles. The van der Waals surface area contributed by atoms with Crippen LogP contribution in [0.1, 0.15) is 30.4 Å². The van der Waals surface area contributed by atoms with Crippen molar-refractivity contribution in [1.82, 2.24) is 0 Å². The van der Waals surface area contributed by atoms with Gasteiger partial charge in [-0.1, -0.05) is 72.3 Å². The molecule has 2 aromatic carbocycles. The van der Waals surface area contributed by atoms with Crippen molar-refractivity contribution in [3.05, 3.63) is 84.5 Å². The van der Waals surface area contributed by atoms with E-state index in [2.05, 4.69) is 74.2 Å². The number of aryl methyl sites for hydroxylation is 1. The van der Waals surface area contributed by atoms with Gasteiger partial charge in [-0.3, -0.25) is 0 Å². The van der Waals surface area contributed by atoms with Crippen LogP contribution in [0.3, 0.4) is 0 Å². The van der Waals surface area contributed by atoms with E-state index in [-0.39, 0.29) is 0 Å². The maximum absolute atomic E-state index is 3.74. The van der Waals surface area contributed by atoms with Crippen molar-refractivity contribution in [2.75, 3.05) is 0 Å². The summed E-state index contributed by atoms with van der Waals surface area (Å²) >= 11 is 0. The summed E-state index contributed by atoms with van der Waals surface area (Å²) in [5.41, 5.74) is 5.24. The zero-order valence-corrected chi connectivity index (χ0v) is 12.9. The molecule has 0 unspecified atom stereocenters. The molecule has 2 rings (SSSR count). The maximum Gasteiger partial charge on any atom is -0.00974 e. The van der Waals surface area contributed by atoms with Gasteiger partial charge >= 0.3 is 0 Å². The average molecular weight is 276 g/mol. The molecular weight excluding hydrogens is 252 g/mol. The van der Waals surface area contributed by atoms with Crippen LogP contribution in [0, 0.1) is 6.92 Å². The molecule has 0 spiro atoms. The van der Waals surface area contributed by atoms with Gasteiger partial charge in [-0.25, -0.2) is 0 Å². The van der Waals surface area contributed by atoms with Crippen molar-refractivity contribution >= 4 is 0 Å². The van der Waals surface area contributed by atoms with Gasteiger partial charge in [0.1, 0.15) is 0 Å². The van der Waals surface area contributed by atoms with Gasteiger partial charge in [0.25, 0.3) is 0 Å². The monoisotopic (exact) mass is 276 g/mol. The first-order chi connectivity index (χ1) is 10.3. The van der Waals surface area contributed by atoms with Gasteiger partial charge in [-0.15, -0.1) is 6.58 Å². The fourth-order valence-electron chi connectivity index (χ4n) is 2.30. The van der Waals surface area contributed by atoms with Gasteiger partial charge < -0.3 is 0 Å². The zero-order chi connectivity index (χ0) is 14.9. The SMILES string of the molecule is C=CCCC/C=C\Cc1ccc(-c2ccc(C)cc2)cc1. The highest BCUT2D eigenvalue weighted by atomic mass is 14.0. The molecule has 0 nitrogen and oxygen atoms in total. The predicted octanol–water partition coefficient (Wildman–Crippen LogP) is 6.12. The minimum Gasteiger partial charge on any atom is -0.103 e. The molecule has 108 valence electrons. The van der Waals surface area contributed by atoms with Gasteiger partial charge in [-0.2, -0.15) is 0 Å². The Morgan fingerprint density at radius 3 is 2.05 bits per heavy atom. The molecule has 0 radical (unpaired) electrons. The molecule has 21 heavy (non-hydrogen) atoms. The molecule has 0 saturated carbocycles. The Bertz CT molecular complexity index is 570. The molecule has 0 fully saturated rings. The van der Waals surface area contributed by atoms with Crippen molar-refractivity contribution in [1.29, 1.82) is 0 Å². The second-order valence-electron chi connectivity index (χ2n) is 5.46. The van der Waals surface area contributed by atoms with Crippen molar-refractivity contribution in [3.8, 4) is 11.1 Å². The van der Waals surface area contributed by atoms with E-state index in [1.54, 1.807) is 0 Å². The second kappa shape index (κ2) is 8.26. The highest BCUT2D eigenvalue weighted by molar-refractivity contribution is 5.63. The molecule has 0 amide bonds. The Balaban J connectivity index is 1.90. The summed E-state index contributed by atoms with van der Waals surface area (Å²) in [4.78, 5) is 0. The van der Waals surface area contributed by atoms with E-state index in [1.807, 2.05) is 6.08 Å². The Morgan fingerprint density at radius 1 is 0.810 bits per heavy atom. The number of allylic oxidation sites excluding steroid dienone is 3. The van der Waals surface area contributed by atoms with Gasteiger partial charge in [0.05, 0.1) is 0 Å². The van der Waals surface area contributed by atoms with Crippen LogP contribution in [-0.4, -0.2) is 0 Å². The number of benzene rings is 2. The van der Waals surface area contributed by atoms with Crippen LogP contribution in [-0.2, 0) is 6.42 Å². The Hall–Kier alpha value is -2.08. The summed E-state index contributed by atoms with van der Waals surface area (Å²) < 4.78 is 0. The first-order valence-corrected chi connectivity index (χ1v) is 7.71. The van der Waals surface area contributed by atoms with Gasteiger partial charge in [0.15, 0.2) is 0 Å². The fraction of sp³-hybridized carbons (Fsp3) is 0.238. The topological polar surface area (TPSA) is 0 Å². The molecule has 0 aromatic heterocycles. The van der Waals surface area contributed by atoms with Crippen LogP contribution in [0.4, 0.5) is 0 Å². The molecule has 0 atom stereocenters. The lowest BCUT2D eigenvalue weighted by atomic mass is 10.0. The summed E-state index contributed by atoms with van der Waals surface area (Å²) in [5, 5.41) is 0. The number of rotatable bonds is 7. The minimum absolute atomic E-state index is 1.02. The third-order valence-corrected chi connectivity index (χ3v) is 3.64. The summed E-state index contributed by atoms with van der Waals surface area (Å²) in [6.45, 7) is 5.86. The Morgan fingerprint density at radius 2 is 1.43 bits per heavy atom. The Labute approximate surface area is 128 Å². The van der Waals surface area contributed by atoms with Crippen LogP contribution in [0.15, 0.2) is 73.3 Å². The van der Waals surface area contributed by atoms with Crippen LogP contribution >= 0.6 is 0 Å². The summed E-state index contributed by atoms with van der Waals surface area (Å²) in [6.07, 6.45) is 11.0. The quantitative estimate of drug-likeness (QED) is 0.422. The molecule has 0 aliphatic rings. The summed E-state index contributed by atoms with van der Waals surface area (Å²) in [5.74, 6) is 0. The van der Waals surface area contributed by atoms with E-state index >= 15 is 0 Å². The highest BCUT2D eigenvalue weighted by Crippen LogP contribution is 2.20. The lowest BCUT2D eigenvalue weighted by molar-refractivity contribution is 0.867. The van der Waals surface area contributed by atoms with Gasteiger partial charge in [0.2, 0.25) is 0 Å². The third-order valence-electron chi connectivity index (χ3n) is 3.64. The molecule has 2 aromatic rings. The first-order valence-electron chi connectivity index (χ1n) is 7.71. The van der Waals surface area contributed by atoms with Crippen molar-refractivity contribution < 1.29 is 0 Å². The normalized spacial score (nSPS) is 10.9. The highest BCUT2D eigenvalue weighted by Gasteiger charge is 1.97. The standard InChI is InChI=1S/C21H24/c1-3-4-5-6-7-8-9-19-12-16-21(17-13-19)20-14-10-18(2)11-15-20/h3,7-8,10-17H,1,4-6,9H2,2H3/b8-7-. The van der Waals surface area contributed by atoms with Crippen LogP contribution in [0.2, 0.25) is 0 Å². The van der Waals surface area contributed by atoms with E-state index in [1.165, 1.54) is 28.7 Å². The number of unbranched alkanes of at least 4 members (excludes halogenated alkanes) is 2. The summed E-state index contributed by atoms with van der Waals surface area (Å²) in [7, 11) is 0. The van der Waals surface area contributed by atoms with Crippen LogP contribution in [0.5, 0.6) is 0 Å². The average Bonchev–Trinajstić information content (AvgIpc) is 2.52. The fourth-order valence-corrected chi connectivity index (χ4v) is 2.30. The van der Waals surface area contributed by atoms with Crippen molar-refractivity contribution in [2.45, 2.75) is 32.6 Å². The summed E-state index contributed by atoms with van der Waals surface area (Å²) in [6, 6.07) is 17.6. The molecule has 0 heteroatoms. The van der Waals surface area contributed by atoms with Gasteiger partial charge in [0, 0.05) is 0 Å². The molecule has 0 N–H and O–H groups in total. The maximum atomic E-state index is 3.74. The van der Waals surface area contributed by atoms with E-state index in [0.717, 1.165) is 19.3 Å². The van der Waals surface area contributed by atoms with Gasteiger partial charge in [-0.05, 0) is 49.3 Å². The molecule has 0 aliphatic heterocycles. The molecule has 0 saturated heterocycles. The Kier molecular flexibility index (Phi) is 6.02. The molecule has 0 bridgehead atoms. The minimum atomic E-state index is 1.02. The molecule has 0 heterocycles. The second-order valence-corrected chi connectivity index (χ2v) is 5.46.